The molecule has 0 bridgehead atoms. The van der Waals surface area contributed by atoms with Gasteiger partial charge < -0.3 is 35.7 Å². The van der Waals surface area contributed by atoms with Gasteiger partial charge in [-0.05, 0) is 67.1 Å². The molecule has 0 unspecified atom stereocenters. The number of alkyl carbamates (subject to hydrolysis) is 1. The molecule has 4 aromatic rings. The highest BCUT2D eigenvalue weighted by Crippen LogP contribution is 2.35. The van der Waals surface area contributed by atoms with Gasteiger partial charge in [-0.2, -0.15) is 0 Å². The van der Waals surface area contributed by atoms with E-state index >= 15 is 0 Å². The summed E-state index contributed by atoms with van der Waals surface area (Å²) in [4.78, 5) is 37.6. The number of nitrogen functional groups attached to an aromatic ring is 1. The molecule has 5 N–H and O–H groups in total. The van der Waals surface area contributed by atoms with E-state index in [0.717, 1.165) is 22.4 Å². The Bertz CT molecular complexity index is 1540. The Hall–Kier alpha value is -4.36. The molecule has 0 saturated carbocycles. The lowest BCUT2D eigenvalue weighted by Gasteiger charge is -2.14. The van der Waals surface area contributed by atoms with Gasteiger partial charge in [0.1, 0.15) is 24.7 Å². The number of nitrogens with zero attached hydrogens (tertiary/aromatic N) is 2. The Labute approximate surface area is 278 Å². The van der Waals surface area contributed by atoms with Gasteiger partial charge in [0.05, 0.1) is 21.7 Å². The van der Waals surface area contributed by atoms with Gasteiger partial charge in [-0.15, -0.1) is 0 Å². The smallest absolute Gasteiger partial charge is 0.407 e. The van der Waals surface area contributed by atoms with Crippen molar-refractivity contribution in [2.75, 3.05) is 25.4 Å². The Kier molecular flexibility index (Phi) is 13.3. The lowest BCUT2D eigenvalue weighted by molar-refractivity contribution is -0.115. The molecule has 13 heteroatoms. The summed E-state index contributed by atoms with van der Waals surface area (Å²) < 4.78 is 12.6. The largest absolute Gasteiger partial charge is 0.491 e. The first-order valence-corrected chi connectivity index (χ1v) is 15.8. The van der Waals surface area contributed by atoms with E-state index in [1.807, 2.05) is 72.8 Å². The Morgan fingerprint density at radius 2 is 1.56 bits per heavy atom. The van der Waals surface area contributed by atoms with Crippen molar-refractivity contribution in [2.45, 2.75) is 32.5 Å². The van der Waals surface area contributed by atoms with Crippen LogP contribution in [0, 0.1) is 0 Å². The molecule has 1 heterocycles. The quantitative estimate of drug-likeness (QED) is 0.0655. The standard InChI is InChI=1S/C32H34Br2N6O5/c33-26-16-24(17-27(34)29(26)43-15-7-13-37-32(42)44-20-22-8-3-1-4-9-22)18-28(40-45-21-23-10-5-2-6-11-23)30(41)36-14-12-25-19-38-31(35)39-25/h1-6,8-11,16-17,19H,7,12-15,18,20-21H2,(H,36,41)(H,37,42)(H3,35,38,39)/b40-28+. The summed E-state index contributed by atoms with van der Waals surface area (Å²) in [7, 11) is 0. The Balaban J connectivity index is 1.29. The van der Waals surface area contributed by atoms with Crippen LogP contribution in [0.25, 0.3) is 0 Å². The van der Waals surface area contributed by atoms with Gasteiger partial charge in [0.2, 0.25) is 0 Å². The summed E-state index contributed by atoms with van der Waals surface area (Å²) in [5, 5.41) is 9.81. The maximum Gasteiger partial charge on any atom is 0.407 e. The normalized spacial score (nSPS) is 11.1. The minimum absolute atomic E-state index is 0.212. The number of aromatic amines is 1. The van der Waals surface area contributed by atoms with Crippen molar-refractivity contribution in [3.8, 4) is 5.75 Å². The van der Waals surface area contributed by atoms with Crippen molar-refractivity contribution >= 4 is 55.5 Å². The van der Waals surface area contributed by atoms with Crippen LogP contribution in [0.4, 0.5) is 10.7 Å². The molecule has 11 nitrogen and oxygen atoms in total. The second-order valence-corrected chi connectivity index (χ2v) is 11.6. The first-order valence-electron chi connectivity index (χ1n) is 14.2. The Morgan fingerprint density at radius 1 is 0.889 bits per heavy atom. The summed E-state index contributed by atoms with van der Waals surface area (Å²) >= 11 is 7.15. The third-order valence-electron chi connectivity index (χ3n) is 6.32. The van der Waals surface area contributed by atoms with Gasteiger partial charge in [0.25, 0.3) is 5.91 Å². The first kappa shape index (κ1) is 33.5. The molecule has 1 aromatic heterocycles. The number of H-pyrrole nitrogens is 1. The van der Waals surface area contributed by atoms with Crippen LogP contribution >= 0.6 is 31.9 Å². The number of benzene rings is 3. The van der Waals surface area contributed by atoms with Gasteiger partial charge in [-0.25, -0.2) is 9.78 Å². The van der Waals surface area contributed by atoms with Crippen molar-refractivity contribution in [3.63, 3.8) is 0 Å². The number of rotatable bonds is 16. The molecular formula is C32H34Br2N6O5. The predicted molar refractivity (Wildman–Crippen MR) is 179 cm³/mol. The zero-order valence-electron chi connectivity index (χ0n) is 24.4. The van der Waals surface area contributed by atoms with Crippen LogP contribution in [-0.4, -0.2) is 47.4 Å². The molecule has 2 amide bonds. The number of nitrogens with one attached hydrogen (secondary N) is 3. The molecule has 4 rings (SSSR count). The van der Waals surface area contributed by atoms with Crippen molar-refractivity contribution in [1.29, 1.82) is 0 Å². The van der Waals surface area contributed by atoms with Crippen molar-refractivity contribution in [1.82, 2.24) is 20.6 Å². The molecule has 0 aliphatic carbocycles. The summed E-state index contributed by atoms with van der Waals surface area (Å²) in [6, 6.07) is 22.8. The van der Waals surface area contributed by atoms with Gasteiger partial charge in [0.15, 0.2) is 5.95 Å². The fraction of sp³-hybridized carbons (Fsp3) is 0.250. The number of anilines is 1. The summed E-state index contributed by atoms with van der Waals surface area (Å²) in [6.07, 6.45) is 2.47. The van der Waals surface area contributed by atoms with Crippen molar-refractivity contribution in [3.05, 3.63) is 110 Å². The minimum atomic E-state index is -0.481. The first-order chi connectivity index (χ1) is 21.9. The summed E-state index contributed by atoms with van der Waals surface area (Å²) in [5.74, 6) is 0.581. The molecule has 0 radical (unpaired) electrons. The van der Waals surface area contributed by atoms with Crippen molar-refractivity contribution < 1.29 is 23.9 Å². The number of hydrogen-bond acceptors (Lipinski definition) is 8. The van der Waals surface area contributed by atoms with E-state index in [1.54, 1.807) is 6.20 Å². The van der Waals surface area contributed by atoms with Gasteiger partial charge in [-0.3, -0.25) is 4.79 Å². The molecule has 0 saturated heterocycles. The average Bonchev–Trinajstić information content (AvgIpc) is 3.46. The van der Waals surface area contributed by atoms with Gasteiger partial charge in [-0.1, -0.05) is 65.8 Å². The van der Waals surface area contributed by atoms with Gasteiger partial charge in [0, 0.05) is 31.6 Å². The zero-order valence-corrected chi connectivity index (χ0v) is 27.6. The SMILES string of the molecule is Nc1ncc(CCNC(=O)/C(Cc2cc(Br)c(OCCCNC(=O)OCc3ccccc3)c(Br)c2)=N/OCc2ccccc2)[nH]1. The third-order valence-corrected chi connectivity index (χ3v) is 7.50. The number of imidazole rings is 1. The Morgan fingerprint density at radius 3 is 2.20 bits per heavy atom. The highest BCUT2D eigenvalue weighted by molar-refractivity contribution is 9.11. The van der Waals surface area contributed by atoms with E-state index in [-0.39, 0.29) is 31.3 Å². The van der Waals surface area contributed by atoms with Crippen LogP contribution in [0.2, 0.25) is 0 Å². The van der Waals surface area contributed by atoms with E-state index < -0.39 is 6.09 Å². The molecule has 0 fully saturated rings. The molecule has 0 atom stereocenters. The second-order valence-electron chi connectivity index (χ2n) is 9.85. The summed E-state index contributed by atoms with van der Waals surface area (Å²) in [5.41, 5.74) is 9.33. The second kappa shape index (κ2) is 17.8. The van der Waals surface area contributed by atoms with Crippen LogP contribution in [0.5, 0.6) is 5.75 Å². The third kappa shape index (κ3) is 11.6. The van der Waals surface area contributed by atoms with E-state index in [2.05, 4.69) is 57.6 Å². The number of carbonyl (C=O) groups excluding carboxylic acids is 2. The fourth-order valence-corrected chi connectivity index (χ4v) is 5.60. The number of carbonyl (C=O) groups is 2. The maximum absolute atomic E-state index is 13.1. The predicted octanol–water partition coefficient (Wildman–Crippen LogP) is 5.69. The van der Waals surface area contributed by atoms with E-state index in [0.29, 0.717) is 53.2 Å². The zero-order chi connectivity index (χ0) is 31.9. The molecule has 0 aliphatic heterocycles. The lowest BCUT2D eigenvalue weighted by Crippen LogP contribution is -2.34. The topological polar surface area (TPSA) is 153 Å². The summed E-state index contributed by atoms with van der Waals surface area (Å²) in [6.45, 7) is 1.55. The minimum Gasteiger partial charge on any atom is -0.491 e. The maximum atomic E-state index is 13.1. The molecule has 0 aliphatic rings. The lowest BCUT2D eigenvalue weighted by atomic mass is 10.1. The number of amides is 2. The number of halogens is 2. The molecule has 3 aromatic carbocycles. The van der Waals surface area contributed by atoms with Crippen LogP contribution < -0.4 is 21.1 Å². The highest BCUT2D eigenvalue weighted by atomic mass is 79.9. The van der Waals surface area contributed by atoms with E-state index in [4.69, 9.17) is 20.0 Å². The average molecular weight is 742 g/mol. The van der Waals surface area contributed by atoms with E-state index in [1.165, 1.54) is 0 Å². The monoisotopic (exact) mass is 740 g/mol. The highest BCUT2D eigenvalue weighted by Gasteiger charge is 2.17. The molecule has 0 spiro atoms. The van der Waals surface area contributed by atoms with Crippen LogP contribution in [0.15, 0.2) is 93.1 Å². The number of hydrogen-bond donors (Lipinski definition) is 4. The number of ether oxygens (including phenoxy) is 2. The van der Waals surface area contributed by atoms with Crippen LogP contribution in [-0.2, 0) is 40.4 Å². The number of oxime groups is 1. The molecule has 236 valence electrons. The fourth-order valence-electron chi connectivity index (χ4n) is 4.09. The molecule has 45 heavy (non-hydrogen) atoms. The van der Waals surface area contributed by atoms with Crippen LogP contribution in [0.1, 0.15) is 28.8 Å². The molecular weight excluding hydrogens is 708 g/mol. The number of aromatic nitrogens is 2. The van der Waals surface area contributed by atoms with Crippen molar-refractivity contribution in [2.24, 2.45) is 5.16 Å². The van der Waals surface area contributed by atoms with Gasteiger partial charge >= 0.3 is 6.09 Å². The van der Waals surface area contributed by atoms with E-state index in [9.17, 15) is 9.59 Å². The number of nitrogens with two attached hydrogens (primary N) is 1. The van der Waals surface area contributed by atoms with Crippen LogP contribution in [0.3, 0.4) is 0 Å².